The summed E-state index contributed by atoms with van der Waals surface area (Å²) in [6.45, 7) is 2.06. The first kappa shape index (κ1) is 26.4. The van der Waals surface area contributed by atoms with E-state index in [0.717, 1.165) is 55.8 Å². The molecule has 0 aliphatic rings. The van der Waals surface area contributed by atoms with Gasteiger partial charge in [0.1, 0.15) is 11.3 Å². The van der Waals surface area contributed by atoms with E-state index < -0.39 is 0 Å². The average molecular weight is 592 g/mol. The number of benzene rings is 7. The standard InChI is InChI=1S/C43H29NO2/c1-28-16-23-36-38-27-32(31-19-24-40-37(26-31)35-14-8-9-15-39(35)44(40)33-12-6-3-7-13-33)20-25-41(38)46-43(36)42(28)45-34-21-17-30(18-22-34)29-10-4-2-5-11-29/h2-27H,1H3. The number of ether oxygens (including phenoxy) is 1. The van der Waals surface area contributed by atoms with Crippen molar-refractivity contribution in [1.29, 1.82) is 0 Å². The Morgan fingerprint density at radius 1 is 0.478 bits per heavy atom. The van der Waals surface area contributed by atoms with Crippen LogP contribution in [-0.4, -0.2) is 4.57 Å². The third-order valence-electron chi connectivity index (χ3n) is 8.99. The normalized spacial score (nSPS) is 11.6. The molecule has 218 valence electrons. The van der Waals surface area contributed by atoms with Crippen LogP contribution in [0.3, 0.4) is 0 Å². The molecule has 0 spiro atoms. The van der Waals surface area contributed by atoms with Crippen LogP contribution in [0.25, 0.3) is 71.7 Å². The lowest BCUT2D eigenvalue weighted by atomic mass is 10.0. The van der Waals surface area contributed by atoms with Crippen molar-refractivity contribution in [2.24, 2.45) is 0 Å². The molecule has 9 rings (SSSR count). The number of para-hydroxylation sites is 2. The summed E-state index contributed by atoms with van der Waals surface area (Å²) in [6, 6.07) is 55.3. The van der Waals surface area contributed by atoms with Gasteiger partial charge in [0.25, 0.3) is 0 Å². The monoisotopic (exact) mass is 591 g/mol. The molecule has 0 saturated heterocycles. The fourth-order valence-corrected chi connectivity index (χ4v) is 6.69. The topological polar surface area (TPSA) is 27.3 Å². The highest BCUT2D eigenvalue weighted by atomic mass is 16.5. The Morgan fingerprint density at radius 2 is 1.11 bits per heavy atom. The van der Waals surface area contributed by atoms with Crippen molar-refractivity contribution < 1.29 is 9.15 Å². The molecule has 9 aromatic rings. The van der Waals surface area contributed by atoms with E-state index in [9.17, 15) is 0 Å². The smallest absolute Gasteiger partial charge is 0.178 e. The van der Waals surface area contributed by atoms with Crippen molar-refractivity contribution in [2.45, 2.75) is 6.92 Å². The number of aromatic nitrogens is 1. The lowest BCUT2D eigenvalue weighted by Gasteiger charge is -2.10. The highest BCUT2D eigenvalue weighted by Gasteiger charge is 2.17. The predicted molar refractivity (Wildman–Crippen MR) is 190 cm³/mol. The molecule has 2 aromatic heterocycles. The summed E-state index contributed by atoms with van der Waals surface area (Å²) in [7, 11) is 0. The van der Waals surface area contributed by atoms with E-state index in [1.165, 1.54) is 32.9 Å². The second-order valence-corrected chi connectivity index (χ2v) is 11.8. The maximum absolute atomic E-state index is 6.49. The van der Waals surface area contributed by atoms with Gasteiger partial charge in [-0.25, -0.2) is 0 Å². The molecular weight excluding hydrogens is 562 g/mol. The Morgan fingerprint density at radius 3 is 1.91 bits per heavy atom. The van der Waals surface area contributed by atoms with Crippen molar-refractivity contribution >= 4 is 43.7 Å². The van der Waals surface area contributed by atoms with Gasteiger partial charge in [0.2, 0.25) is 0 Å². The van der Waals surface area contributed by atoms with Gasteiger partial charge in [-0.05, 0) is 95.4 Å². The van der Waals surface area contributed by atoms with Crippen LogP contribution in [0.15, 0.2) is 162 Å². The van der Waals surface area contributed by atoms with Crippen molar-refractivity contribution in [2.75, 3.05) is 0 Å². The fourth-order valence-electron chi connectivity index (χ4n) is 6.69. The Hall–Kier alpha value is -6.06. The lowest BCUT2D eigenvalue weighted by molar-refractivity contribution is 0.473. The van der Waals surface area contributed by atoms with Crippen LogP contribution in [0.4, 0.5) is 0 Å². The summed E-state index contributed by atoms with van der Waals surface area (Å²) in [5.41, 5.74) is 10.8. The number of furan rings is 1. The van der Waals surface area contributed by atoms with Gasteiger partial charge in [0, 0.05) is 27.2 Å². The van der Waals surface area contributed by atoms with E-state index in [0.29, 0.717) is 0 Å². The minimum Gasteiger partial charge on any atom is -0.453 e. The van der Waals surface area contributed by atoms with Crippen LogP contribution in [0.2, 0.25) is 0 Å². The third kappa shape index (κ3) is 4.28. The van der Waals surface area contributed by atoms with Crippen LogP contribution in [0.5, 0.6) is 11.5 Å². The van der Waals surface area contributed by atoms with Crippen LogP contribution >= 0.6 is 0 Å². The Kier molecular flexibility index (Phi) is 6.04. The molecule has 3 heteroatoms. The van der Waals surface area contributed by atoms with Gasteiger partial charge in [-0.15, -0.1) is 0 Å². The first-order valence-corrected chi connectivity index (χ1v) is 15.6. The van der Waals surface area contributed by atoms with Gasteiger partial charge in [0.05, 0.1) is 11.0 Å². The maximum atomic E-state index is 6.49. The molecule has 46 heavy (non-hydrogen) atoms. The molecule has 0 aliphatic carbocycles. The highest BCUT2D eigenvalue weighted by molar-refractivity contribution is 6.11. The zero-order valence-corrected chi connectivity index (χ0v) is 25.3. The summed E-state index contributed by atoms with van der Waals surface area (Å²) in [4.78, 5) is 0. The van der Waals surface area contributed by atoms with Gasteiger partial charge in [-0.2, -0.15) is 0 Å². The first-order chi connectivity index (χ1) is 22.7. The molecule has 2 heterocycles. The zero-order chi connectivity index (χ0) is 30.6. The quantitative estimate of drug-likeness (QED) is 0.199. The van der Waals surface area contributed by atoms with Crippen LogP contribution in [0, 0.1) is 6.92 Å². The van der Waals surface area contributed by atoms with E-state index in [2.05, 4.69) is 151 Å². The predicted octanol–water partition coefficient (Wildman–Crippen LogP) is 12.1. The van der Waals surface area contributed by atoms with Crippen LogP contribution in [0.1, 0.15) is 5.56 Å². The zero-order valence-electron chi connectivity index (χ0n) is 25.3. The van der Waals surface area contributed by atoms with Crippen molar-refractivity contribution in [1.82, 2.24) is 4.57 Å². The average Bonchev–Trinajstić information content (AvgIpc) is 3.66. The molecule has 0 bridgehead atoms. The summed E-state index contributed by atoms with van der Waals surface area (Å²) < 4.78 is 15.3. The fraction of sp³-hybridized carbons (Fsp3) is 0.0233. The minimum atomic E-state index is 0.748. The van der Waals surface area contributed by atoms with Crippen molar-refractivity contribution in [3.8, 4) is 39.4 Å². The number of aryl methyl sites for hydroxylation is 1. The van der Waals surface area contributed by atoms with E-state index >= 15 is 0 Å². The Labute approximate surface area is 266 Å². The molecule has 0 N–H and O–H groups in total. The first-order valence-electron chi connectivity index (χ1n) is 15.6. The van der Waals surface area contributed by atoms with E-state index in [1.807, 2.05) is 18.2 Å². The Bertz CT molecular complexity index is 2540. The molecule has 0 fully saturated rings. The molecule has 7 aromatic carbocycles. The van der Waals surface area contributed by atoms with E-state index in [-0.39, 0.29) is 0 Å². The number of nitrogens with zero attached hydrogens (tertiary/aromatic N) is 1. The largest absolute Gasteiger partial charge is 0.453 e. The number of hydrogen-bond donors (Lipinski definition) is 0. The maximum Gasteiger partial charge on any atom is 0.178 e. The molecular formula is C43H29NO2. The number of hydrogen-bond acceptors (Lipinski definition) is 2. The molecule has 0 atom stereocenters. The summed E-state index contributed by atoms with van der Waals surface area (Å²) in [6.07, 6.45) is 0. The van der Waals surface area contributed by atoms with E-state index in [1.54, 1.807) is 0 Å². The Balaban J connectivity index is 1.12. The van der Waals surface area contributed by atoms with Gasteiger partial charge in [-0.3, -0.25) is 0 Å². The van der Waals surface area contributed by atoms with Gasteiger partial charge < -0.3 is 13.7 Å². The second-order valence-electron chi connectivity index (χ2n) is 11.8. The molecule has 0 saturated carbocycles. The molecule has 0 unspecified atom stereocenters. The number of fused-ring (bicyclic) bond motifs is 6. The summed E-state index contributed by atoms with van der Waals surface area (Å²) >= 11 is 0. The van der Waals surface area contributed by atoms with E-state index in [4.69, 9.17) is 9.15 Å². The summed E-state index contributed by atoms with van der Waals surface area (Å²) in [5, 5.41) is 4.59. The van der Waals surface area contributed by atoms with Crippen LogP contribution in [-0.2, 0) is 0 Å². The summed E-state index contributed by atoms with van der Waals surface area (Å²) in [5.74, 6) is 1.53. The highest BCUT2D eigenvalue weighted by Crippen LogP contribution is 2.41. The number of rotatable bonds is 5. The minimum absolute atomic E-state index is 0.748. The SMILES string of the molecule is Cc1ccc2c(oc3ccc(-c4ccc5c(c4)c4ccccc4n5-c4ccccc4)cc32)c1Oc1ccc(-c2ccccc2)cc1. The van der Waals surface area contributed by atoms with Crippen LogP contribution < -0.4 is 4.74 Å². The molecule has 0 radical (unpaired) electrons. The second kappa shape index (κ2) is 10.5. The molecule has 3 nitrogen and oxygen atoms in total. The van der Waals surface area contributed by atoms with Gasteiger partial charge in [0.15, 0.2) is 11.3 Å². The van der Waals surface area contributed by atoms with Crippen molar-refractivity contribution in [3.05, 3.63) is 163 Å². The van der Waals surface area contributed by atoms with Gasteiger partial charge in [-0.1, -0.05) is 97.1 Å². The lowest BCUT2D eigenvalue weighted by Crippen LogP contribution is -1.92. The molecule has 0 amide bonds. The van der Waals surface area contributed by atoms with Crippen molar-refractivity contribution in [3.63, 3.8) is 0 Å². The van der Waals surface area contributed by atoms with Gasteiger partial charge >= 0.3 is 0 Å². The molecule has 0 aliphatic heterocycles. The third-order valence-corrected chi connectivity index (χ3v) is 8.99.